The van der Waals surface area contributed by atoms with Gasteiger partial charge < -0.3 is 44.4 Å². The highest BCUT2D eigenvalue weighted by Crippen LogP contribution is 2.21. The Morgan fingerprint density at radius 1 is 0.382 bits per heavy atom. The van der Waals surface area contributed by atoms with Crippen LogP contribution in [0.1, 0.15) is 0 Å². The molecule has 10 nitrogen and oxygen atoms in total. The van der Waals surface area contributed by atoms with Crippen molar-refractivity contribution < 1.29 is 44.4 Å². The van der Waals surface area contributed by atoms with Crippen LogP contribution in [0.15, 0.2) is 0 Å². The smallest absolute Gasteiger partial charge is 0.323 e. The Hall–Kier alpha value is 0.901. The summed E-state index contributed by atoms with van der Waals surface area (Å²) in [7, 11) is -15.0. The Kier molecular flexibility index (Phi) is 14.5. The Balaban J connectivity index is 3.96. The summed E-state index contributed by atoms with van der Waals surface area (Å²) in [5.41, 5.74) is 0. The van der Waals surface area contributed by atoms with Gasteiger partial charge in [0.15, 0.2) is 0 Å². The molecule has 0 aromatic rings. The van der Waals surface area contributed by atoms with Gasteiger partial charge in [-0.25, -0.2) is 0 Å². The Morgan fingerprint density at radius 3 is 0.912 bits per heavy atom. The zero-order valence-corrected chi connectivity index (χ0v) is 29.4. The summed E-state index contributed by atoms with van der Waals surface area (Å²) in [5.74, 6) is 0. The molecule has 0 radical (unpaired) electrons. The summed E-state index contributed by atoms with van der Waals surface area (Å²) in [5, 5.41) is 0. The highest BCUT2D eigenvalue weighted by Gasteiger charge is 2.41. The largest absolute Gasteiger partial charge is 0.416 e. The molecule has 0 unspecified atom stereocenters. The predicted molar refractivity (Wildman–Crippen MR) is 147 cm³/mol. The van der Waals surface area contributed by atoms with Crippen LogP contribution in [0.2, 0.25) is 78.6 Å². The molecule has 0 amide bonds. The summed E-state index contributed by atoms with van der Waals surface area (Å²) >= 11 is 0. The van der Waals surface area contributed by atoms with Crippen LogP contribution in [0.5, 0.6) is 0 Å². The van der Waals surface area contributed by atoms with Crippen molar-refractivity contribution in [3.05, 3.63) is 0 Å². The van der Waals surface area contributed by atoms with Gasteiger partial charge in [0, 0.05) is 0 Å². The minimum absolute atomic E-state index is 0.430. The zero-order chi connectivity index (χ0) is 26.9. The second-order valence-corrected chi connectivity index (χ2v) is 31.7. The van der Waals surface area contributed by atoms with Crippen LogP contribution in [0.25, 0.3) is 0 Å². The maximum Gasteiger partial charge on any atom is 0.323 e. The van der Waals surface area contributed by atoms with E-state index in [4.69, 9.17) is 34.8 Å². The normalized spacial score (nSPS) is 14.6. The van der Waals surface area contributed by atoms with Crippen LogP contribution in [0.3, 0.4) is 0 Å². The first-order valence-corrected chi connectivity index (χ1v) is 28.7. The van der Waals surface area contributed by atoms with Crippen molar-refractivity contribution >= 4 is 51.4 Å². The summed E-state index contributed by atoms with van der Waals surface area (Å²) in [6.07, 6.45) is 0. The first kappa shape index (κ1) is 34.9. The van der Waals surface area contributed by atoms with Crippen molar-refractivity contribution in [2.24, 2.45) is 0 Å². The molecule has 0 bridgehead atoms. The maximum atomic E-state index is 10.0. The molecule has 0 aromatic heterocycles. The molecule has 0 rings (SSSR count). The average molecular weight is 595 g/mol. The van der Waals surface area contributed by atoms with Crippen LogP contribution in [-0.2, 0) is 34.8 Å². The van der Waals surface area contributed by atoms with E-state index in [1.165, 1.54) is 0 Å². The standard InChI is InChI=1S/C18H50O10Si6/c1-29(2,19)25-33(9,10)27-31(5,6)23-17-15-21-13-14-22-16-18-24-32(7,8)28-34(11,12)26-30(3,4)20/h19-20H,13-18H2,1-12H3. The molecule has 34 heavy (non-hydrogen) atoms. The molecule has 2 N–H and O–H groups in total. The SMILES string of the molecule is C[Si](C)(O)O[Si](C)(C)O[Si](C)(C)OCCOCCOCCO[Si](C)(C)O[Si](C)(C)O[Si](C)(C)O. The van der Waals surface area contributed by atoms with Gasteiger partial charge in [-0.1, -0.05) is 0 Å². The van der Waals surface area contributed by atoms with Gasteiger partial charge in [-0.2, -0.15) is 0 Å². The second-order valence-electron chi connectivity index (χ2n) is 10.8. The van der Waals surface area contributed by atoms with Crippen LogP contribution in [0, 0.1) is 0 Å². The van der Waals surface area contributed by atoms with E-state index >= 15 is 0 Å². The number of rotatable bonds is 19. The van der Waals surface area contributed by atoms with Crippen molar-refractivity contribution in [2.75, 3.05) is 39.6 Å². The van der Waals surface area contributed by atoms with Gasteiger partial charge in [-0.3, -0.25) is 0 Å². The lowest BCUT2D eigenvalue weighted by molar-refractivity contribution is 0.0216. The third-order valence-electron chi connectivity index (χ3n) is 3.70. The molecular weight excluding hydrogens is 545 g/mol. The number of ether oxygens (including phenoxy) is 2. The average Bonchev–Trinajstić information content (AvgIpc) is 2.49. The van der Waals surface area contributed by atoms with Crippen LogP contribution >= 0.6 is 0 Å². The van der Waals surface area contributed by atoms with E-state index in [-0.39, 0.29) is 0 Å². The van der Waals surface area contributed by atoms with E-state index in [1.807, 2.05) is 52.4 Å². The molecule has 0 saturated carbocycles. The van der Waals surface area contributed by atoms with E-state index in [1.54, 1.807) is 26.2 Å². The van der Waals surface area contributed by atoms with Crippen molar-refractivity contribution in [3.8, 4) is 0 Å². The van der Waals surface area contributed by atoms with Crippen LogP contribution in [-0.4, -0.2) is 101 Å². The fourth-order valence-corrected chi connectivity index (χ4v) is 25.3. The number of hydrogen-bond donors (Lipinski definition) is 2. The minimum Gasteiger partial charge on any atom is -0.416 e. The van der Waals surface area contributed by atoms with E-state index in [0.29, 0.717) is 39.6 Å². The van der Waals surface area contributed by atoms with Gasteiger partial charge in [0.25, 0.3) is 0 Å². The summed E-state index contributed by atoms with van der Waals surface area (Å²) in [4.78, 5) is 20.0. The van der Waals surface area contributed by atoms with Crippen LogP contribution < -0.4 is 0 Å². The van der Waals surface area contributed by atoms with Gasteiger partial charge in [-0.05, 0) is 78.6 Å². The molecule has 0 aliphatic rings. The Bertz CT molecular complexity index is 529. The van der Waals surface area contributed by atoms with E-state index < -0.39 is 51.4 Å². The number of hydrogen-bond acceptors (Lipinski definition) is 10. The minimum atomic E-state index is -2.65. The summed E-state index contributed by atoms with van der Waals surface area (Å²) < 4.78 is 46.9. The zero-order valence-electron chi connectivity index (χ0n) is 23.4. The molecule has 0 atom stereocenters. The monoisotopic (exact) mass is 594 g/mol. The third kappa shape index (κ3) is 21.0. The van der Waals surface area contributed by atoms with Crippen molar-refractivity contribution in [1.82, 2.24) is 0 Å². The fourth-order valence-electron chi connectivity index (χ4n) is 3.50. The first-order chi connectivity index (χ1) is 15.0. The highest BCUT2D eigenvalue weighted by molar-refractivity contribution is 6.85. The lowest BCUT2D eigenvalue weighted by Crippen LogP contribution is -2.53. The second kappa shape index (κ2) is 14.2. The van der Waals surface area contributed by atoms with Gasteiger partial charge >= 0.3 is 51.4 Å². The molecule has 0 spiro atoms. The molecular formula is C18H50O10Si6. The van der Waals surface area contributed by atoms with Gasteiger partial charge in [0.1, 0.15) is 0 Å². The molecule has 206 valence electrons. The third-order valence-corrected chi connectivity index (χ3v) is 21.3. The van der Waals surface area contributed by atoms with E-state index in [9.17, 15) is 9.59 Å². The summed E-state index contributed by atoms with van der Waals surface area (Å²) in [6.45, 7) is 25.2. The topological polar surface area (TPSA) is 114 Å². The van der Waals surface area contributed by atoms with E-state index in [2.05, 4.69) is 0 Å². The molecule has 0 aliphatic heterocycles. The Labute approximate surface area is 213 Å². The molecule has 0 fully saturated rings. The van der Waals surface area contributed by atoms with Gasteiger partial charge in [-0.15, -0.1) is 0 Å². The van der Waals surface area contributed by atoms with Crippen molar-refractivity contribution in [3.63, 3.8) is 0 Å². The molecule has 0 aromatic carbocycles. The molecule has 0 heterocycles. The maximum absolute atomic E-state index is 10.0. The Morgan fingerprint density at radius 2 is 0.647 bits per heavy atom. The summed E-state index contributed by atoms with van der Waals surface area (Å²) in [6, 6.07) is 0. The lowest BCUT2D eigenvalue weighted by atomic mass is 10.7. The lowest BCUT2D eigenvalue weighted by Gasteiger charge is -2.35. The van der Waals surface area contributed by atoms with E-state index in [0.717, 1.165) is 0 Å². The first-order valence-electron chi connectivity index (χ1n) is 11.7. The van der Waals surface area contributed by atoms with Gasteiger partial charge in [0.05, 0.1) is 39.6 Å². The van der Waals surface area contributed by atoms with Crippen molar-refractivity contribution in [1.29, 1.82) is 0 Å². The fraction of sp³-hybridized carbons (Fsp3) is 1.00. The van der Waals surface area contributed by atoms with Gasteiger partial charge in [0.2, 0.25) is 0 Å². The van der Waals surface area contributed by atoms with Crippen LogP contribution in [0.4, 0.5) is 0 Å². The predicted octanol–water partition coefficient (Wildman–Crippen LogP) is 3.31. The van der Waals surface area contributed by atoms with Crippen molar-refractivity contribution in [2.45, 2.75) is 78.6 Å². The molecule has 16 heteroatoms. The highest BCUT2D eigenvalue weighted by atomic mass is 28.5. The quantitative estimate of drug-likeness (QED) is 0.170. The molecule has 0 aliphatic carbocycles. The molecule has 0 saturated heterocycles.